The maximum atomic E-state index is 13.0. The average molecular weight is 367 g/mol. The third-order valence-electron chi connectivity index (χ3n) is 3.95. The number of aromatic nitrogens is 2. The maximum absolute atomic E-state index is 13.0. The first-order valence-corrected chi connectivity index (χ1v) is 9.30. The van der Waals surface area contributed by atoms with Gasteiger partial charge >= 0.3 is 0 Å². The summed E-state index contributed by atoms with van der Waals surface area (Å²) in [6.45, 7) is 4.66. The Morgan fingerprint density at radius 2 is 1.92 bits per heavy atom. The second-order valence-electron chi connectivity index (χ2n) is 5.94. The molecule has 0 atom stereocenters. The lowest BCUT2D eigenvalue weighted by Gasteiger charge is -2.18. The van der Waals surface area contributed by atoms with Gasteiger partial charge in [-0.1, -0.05) is 54.2 Å². The van der Waals surface area contributed by atoms with Crippen LogP contribution < -0.4 is 9.64 Å². The van der Waals surface area contributed by atoms with Gasteiger partial charge in [0.2, 0.25) is 5.13 Å². The Balaban J connectivity index is 1.90. The van der Waals surface area contributed by atoms with Crippen LogP contribution in [0.25, 0.3) is 10.6 Å². The number of rotatable bonds is 6. The number of carbonyl (C=O) groups is 1. The van der Waals surface area contributed by atoms with Crippen molar-refractivity contribution in [2.24, 2.45) is 0 Å². The molecule has 0 N–H and O–H groups in total. The van der Waals surface area contributed by atoms with Crippen LogP contribution in [0.15, 0.2) is 48.5 Å². The van der Waals surface area contributed by atoms with Crippen molar-refractivity contribution in [2.75, 3.05) is 18.6 Å². The zero-order valence-corrected chi connectivity index (χ0v) is 15.9. The Morgan fingerprint density at radius 3 is 2.62 bits per heavy atom. The number of ether oxygens (including phenoxy) is 1. The van der Waals surface area contributed by atoms with Gasteiger partial charge in [-0.3, -0.25) is 9.69 Å². The zero-order valence-electron chi connectivity index (χ0n) is 15.1. The second kappa shape index (κ2) is 8.10. The van der Waals surface area contributed by atoms with Gasteiger partial charge in [-0.15, -0.1) is 10.2 Å². The monoisotopic (exact) mass is 367 g/mol. The third kappa shape index (κ3) is 3.91. The average Bonchev–Trinajstić information content (AvgIpc) is 3.16. The van der Waals surface area contributed by atoms with Crippen LogP contribution in [0.1, 0.15) is 29.3 Å². The highest BCUT2D eigenvalue weighted by Crippen LogP contribution is 2.30. The van der Waals surface area contributed by atoms with Crippen molar-refractivity contribution in [1.82, 2.24) is 10.2 Å². The number of aryl methyl sites for hydroxylation is 1. The molecule has 3 rings (SSSR count). The van der Waals surface area contributed by atoms with Crippen molar-refractivity contribution in [3.05, 3.63) is 59.7 Å². The minimum atomic E-state index is -0.0997. The van der Waals surface area contributed by atoms with E-state index in [0.29, 0.717) is 23.0 Å². The van der Waals surface area contributed by atoms with E-state index in [1.54, 1.807) is 24.1 Å². The van der Waals surface area contributed by atoms with E-state index in [9.17, 15) is 4.79 Å². The molecule has 0 unspecified atom stereocenters. The van der Waals surface area contributed by atoms with Crippen LogP contribution >= 0.6 is 11.3 Å². The normalized spacial score (nSPS) is 10.6. The van der Waals surface area contributed by atoms with E-state index in [4.69, 9.17) is 4.74 Å². The minimum absolute atomic E-state index is 0.0997. The third-order valence-corrected chi connectivity index (χ3v) is 4.95. The van der Waals surface area contributed by atoms with Crippen LogP contribution in [-0.2, 0) is 0 Å². The molecule has 2 aromatic carbocycles. The summed E-state index contributed by atoms with van der Waals surface area (Å²) in [5.74, 6) is 0.558. The van der Waals surface area contributed by atoms with E-state index in [0.717, 1.165) is 17.0 Å². The van der Waals surface area contributed by atoms with Crippen molar-refractivity contribution >= 4 is 22.4 Å². The van der Waals surface area contributed by atoms with Gasteiger partial charge < -0.3 is 4.74 Å². The molecule has 6 heteroatoms. The Kier molecular flexibility index (Phi) is 5.63. The number of carbonyl (C=O) groups excluding carboxylic acids is 1. The van der Waals surface area contributed by atoms with E-state index < -0.39 is 0 Å². The van der Waals surface area contributed by atoms with Crippen LogP contribution in [0.4, 0.5) is 5.13 Å². The van der Waals surface area contributed by atoms with Crippen LogP contribution in [-0.4, -0.2) is 29.8 Å². The predicted octanol–water partition coefficient (Wildman–Crippen LogP) is 4.58. The molecule has 0 saturated carbocycles. The zero-order chi connectivity index (χ0) is 18.5. The number of benzene rings is 2. The Labute approximate surface area is 157 Å². The summed E-state index contributed by atoms with van der Waals surface area (Å²) in [5.41, 5.74) is 2.77. The van der Waals surface area contributed by atoms with Crippen LogP contribution in [0.2, 0.25) is 0 Å². The molecule has 0 aliphatic carbocycles. The van der Waals surface area contributed by atoms with Gasteiger partial charge in [0.05, 0.1) is 7.11 Å². The fourth-order valence-corrected chi connectivity index (χ4v) is 3.43. The number of hydrogen-bond donors (Lipinski definition) is 0. The predicted molar refractivity (Wildman–Crippen MR) is 105 cm³/mol. The van der Waals surface area contributed by atoms with E-state index in [1.807, 2.05) is 50.2 Å². The molecule has 26 heavy (non-hydrogen) atoms. The first kappa shape index (κ1) is 18.1. The molecule has 0 fully saturated rings. The highest BCUT2D eigenvalue weighted by molar-refractivity contribution is 7.18. The molecule has 3 aromatic rings. The first-order valence-electron chi connectivity index (χ1n) is 8.49. The summed E-state index contributed by atoms with van der Waals surface area (Å²) < 4.78 is 5.23. The Morgan fingerprint density at radius 1 is 1.15 bits per heavy atom. The van der Waals surface area contributed by atoms with Gasteiger partial charge in [-0.2, -0.15) is 0 Å². The van der Waals surface area contributed by atoms with Gasteiger partial charge in [0.25, 0.3) is 5.91 Å². The standard InChI is InChI=1S/C20H21N3O2S/c1-4-12-23(19(24)16-6-5-7-17(13-16)25-3)20-22-21-18(26-20)15-10-8-14(2)9-11-15/h5-11,13H,4,12H2,1-3H3. The van der Waals surface area contributed by atoms with E-state index >= 15 is 0 Å². The molecule has 0 aliphatic heterocycles. The molecule has 0 bridgehead atoms. The fraction of sp³-hybridized carbons (Fsp3) is 0.250. The van der Waals surface area contributed by atoms with Crippen molar-refractivity contribution in [3.8, 4) is 16.3 Å². The van der Waals surface area contributed by atoms with Crippen LogP contribution in [0.3, 0.4) is 0 Å². The van der Waals surface area contributed by atoms with Gasteiger partial charge in [0, 0.05) is 17.7 Å². The quantitative estimate of drug-likeness (QED) is 0.640. The summed E-state index contributed by atoms with van der Waals surface area (Å²) in [7, 11) is 1.59. The van der Waals surface area contributed by atoms with Crippen LogP contribution in [0.5, 0.6) is 5.75 Å². The summed E-state index contributed by atoms with van der Waals surface area (Å²) in [5, 5.41) is 9.96. The molecular weight excluding hydrogens is 346 g/mol. The summed E-state index contributed by atoms with van der Waals surface area (Å²) in [6, 6.07) is 15.3. The largest absolute Gasteiger partial charge is 0.497 e. The number of nitrogens with zero attached hydrogens (tertiary/aromatic N) is 3. The number of amides is 1. The summed E-state index contributed by atoms with van der Waals surface area (Å²) in [4.78, 5) is 14.7. The summed E-state index contributed by atoms with van der Waals surface area (Å²) in [6.07, 6.45) is 0.829. The maximum Gasteiger partial charge on any atom is 0.260 e. The molecule has 0 radical (unpaired) electrons. The lowest BCUT2D eigenvalue weighted by atomic mass is 10.2. The highest BCUT2D eigenvalue weighted by atomic mass is 32.1. The fourth-order valence-electron chi connectivity index (χ4n) is 2.56. The lowest BCUT2D eigenvalue weighted by molar-refractivity contribution is 0.0986. The van der Waals surface area contributed by atoms with Gasteiger partial charge in [0.1, 0.15) is 10.8 Å². The molecule has 1 amide bonds. The van der Waals surface area contributed by atoms with Gasteiger partial charge in [0.15, 0.2) is 0 Å². The van der Waals surface area contributed by atoms with Gasteiger partial charge in [-0.05, 0) is 31.5 Å². The van der Waals surface area contributed by atoms with Gasteiger partial charge in [-0.25, -0.2) is 0 Å². The first-order chi connectivity index (χ1) is 12.6. The molecule has 5 nitrogen and oxygen atoms in total. The van der Waals surface area contributed by atoms with Crippen molar-refractivity contribution in [3.63, 3.8) is 0 Å². The van der Waals surface area contributed by atoms with E-state index in [1.165, 1.54) is 16.9 Å². The van der Waals surface area contributed by atoms with Crippen molar-refractivity contribution < 1.29 is 9.53 Å². The molecule has 0 saturated heterocycles. The highest BCUT2D eigenvalue weighted by Gasteiger charge is 2.21. The molecule has 0 aliphatic rings. The molecule has 1 heterocycles. The SMILES string of the molecule is CCCN(C(=O)c1cccc(OC)c1)c1nnc(-c2ccc(C)cc2)s1. The second-order valence-corrected chi connectivity index (χ2v) is 6.90. The molecule has 134 valence electrons. The number of methoxy groups -OCH3 is 1. The molecule has 0 spiro atoms. The number of hydrogen-bond acceptors (Lipinski definition) is 5. The Bertz CT molecular complexity index is 890. The van der Waals surface area contributed by atoms with E-state index in [-0.39, 0.29) is 5.91 Å². The summed E-state index contributed by atoms with van der Waals surface area (Å²) >= 11 is 1.42. The Hall–Kier alpha value is -2.73. The molecular formula is C20H21N3O2S. The van der Waals surface area contributed by atoms with Crippen molar-refractivity contribution in [1.29, 1.82) is 0 Å². The lowest BCUT2D eigenvalue weighted by Crippen LogP contribution is -2.31. The van der Waals surface area contributed by atoms with Crippen molar-refractivity contribution in [2.45, 2.75) is 20.3 Å². The minimum Gasteiger partial charge on any atom is -0.497 e. The van der Waals surface area contributed by atoms with Crippen LogP contribution in [0, 0.1) is 6.92 Å². The number of anilines is 1. The molecule has 1 aromatic heterocycles. The topological polar surface area (TPSA) is 55.3 Å². The van der Waals surface area contributed by atoms with E-state index in [2.05, 4.69) is 10.2 Å². The smallest absolute Gasteiger partial charge is 0.260 e.